The number of hydrogen-bond donors (Lipinski definition) is 1. The number of aromatic nitrogens is 2. The number of amides is 1. The van der Waals surface area contributed by atoms with Gasteiger partial charge in [-0.3, -0.25) is 14.2 Å². The number of nitrogens with one attached hydrogen (secondary N) is 1. The fourth-order valence-electron chi connectivity index (χ4n) is 4.09. The maximum absolute atomic E-state index is 13.4. The second-order valence-electron chi connectivity index (χ2n) is 8.06. The molecule has 1 fully saturated rings. The standard InChI is InChI=1S/C23H27N3O2S2/c1-14-9-7-8-12-18(14)24-19(27)13-29-23-25-21-20(15(2)16(3)30-21)22(28)26(23)17-10-5-4-6-11-17/h4-6,10-11,14,18H,7-9,12-13H2,1-3H3,(H,24,27). The minimum atomic E-state index is -0.0724. The van der Waals surface area contributed by atoms with Crippen LogP contribution in [0.15, 0.2) is 40.3 Å². The molecule has 2 heterocycles. The van der Waals surface area contributed by atoms with Crippen molar-refractivity contribution in [3.05, 3.63) is 51.1 Å². The quantitative estimate of drug-likeness (QED) is 0.454. The van der Waals surface area contributed by atoms with Crippen LogP contribution in [0.4, 0.5) is 0 Å². The van der Waals surface area contributed by atoms with Gasteiger partial charge in [0.2, 0.25) is 5.91 Å². The Hall–Kier alpha value is -2.12. The molecular weight excluding hydrogens is 414 g/mol. The van der Waals surface area contributed by atoms with Crippen molar-refractivity contribution in [3.8, 4) is 5.69 Å². The highest BCUT2D eigenvalue weighted by Gasteiger charge is 2.23. The van der Waals surface area contributed by atoms with Crippen LogP contribution in [0.5, 0.6) is 0 Å². The maximum atomic E-state index is 13.4. The Morgan fingerprint density at radius 3 is 2.70 bits per heavy atom. The lowest BCUT2D eigenvalue weighted by atomic mass is 9.86. The summed E-state index contributed by atoms with van der Waals surface area (Å²) in [5, 5.41) is 4.43. The van der Waals surface area contributed by atoms with Crippen molar-refractivity contribution in [3.63, 3.8) is 0 Å². The Morgan fingerprint density at radius 2 is 1.97 bits per heavy atom. The van der Waals surface area contributed by atoms with Crippen LogP contribution < -0.4 is 10.9 Å². The molecule has 0 saturated heterocycles. The number of aryl methyl sites for hydroxylation is 2. The summed E-state index contributed by atoms with van der Waals surface area (Å²) in [6.45, 7) is 6.19. The molecule has 1 aliphatic carbocycles. The van der Waals surface area contributed by atoms with Gasteiger partial charge in [-0.05, 0) is 50.3 Å². The first kappa shape index (κ1) is 21.1. The van der Waals surface area contributed by atoms with Crippen LogP contribution >= 0.6 is 23.1 Å². The fraction of sp³-hybridized carbons (Fsp3) is 0.435. The van der Waals surface area contributed by atoms with E-state index in [1.807, 2.05) is 44.2 Å². The number of carbonyl (C=O) groups is 1. The molecule has 158 valence electrons. The third kappa shape index (κ3) is 4.18. The topological polar surface area (TPSA) is 64.0 Å². The van der Waals surface area contributed by atoms with Crippen LogP contribution in [0.2, 0.25) is 0 Å². The second-order valence-corrected chi connectivity index (χ2v) is 10.2. The Bertz CT molecular complexity index is 1120. The molecule has 0 radical (unpaired) electrons. The number of rotatable bonds is 5. The lowest BCUT2D eigenvalue weighted by Gasteiger charge is -2.29. The van der Waals surface area contributed by atoms with Crippen LogP contribution in [0, 0.1) is 19.8 Å². The van der Waals surface area contributed by atoms with E-state index >= 15 is 0 Å². The predicted molar refractivity (Wildman–Crippen MR) is 125 cm³/mol. The molecule has 3 aromatic rings. The zero-order valence-electron chi connectivity index (χ0n) is 17.6. The molecule has 1 amide bonds. The zero-order valence-corrected chi connectivity index (χ0v) is 19.2. The predicted octanol–water partition coefficient (Wildman–Crippen LogP) is 4.85. The number of fused-ring (bicyclic) bond motifs is 1. The summed E-state index contributed by atoms with van der Waals surface area (Å²) in [6.07, 6.45) is 4.63. The minimum Gasteiger partial charge on any atom is -0.352 e. The number of thioether (sulfide) groups is 1. The molecule has 2 aromatic heterocycles. The van der Waals surface area contributed by atoms with Crippen LogP contribution in [0.3, 0.4) is 0 Å². The van der Waals surface area contributed by atoms with E-state index in [9.17, 15) is 9.59 Å². The number of benzene rings is 1. The third-order valence-electron chi connectivity index (χ3n) is 5.98. The Morgan fingerprint density at radius 1 is 1.23 bits per heavy atom. The van der Waals surface area contributed by atoms with Crippen molar-refractivity contribution in [2.75, 3.05) is 5.75 Å². The molecule has 0 aliphatic heterocycles. The SMILES string of the molecule is Cc1sc2nc(SCC(=O)NC3CCCCC3C)n(-c3ccccc3)c(=O)c2c1C. The van der Waals surface area contributed by atoms with Crippen LogP contribution in [-0.4, -0.2) is 27.3 Å². The molecule has 0 bridgehead atoms. The van der Waals surface area contributed by atoms with E-state index in [0.29, 0.717) is 16.5 Å². The Kier molecular flexibility index (Phi) is 6.29. The van der Waals surface area contributed by atoms with Gasteiger partial charge in [0.1, 0.15) is 4.83 Å². The van der Waals surface area contributed by atoms with Crippen molar-refractivity contribution in [1.29, 1.82) is 0 Å². The molecule has 1 aliphatic rings. The van der Waals surface area contributed by atoms with Gasteiger partial charge >= 0.3 is 0 Å². The maximum Gasteiger partial charge on any atom is 0.267 e. The van der Waals surface area contributed by atoms with Gasteiger partial charge in [-0.2, -0.15) is 0 Å². The van der Waals surface area contributed by atoms with Gasteiger partial charge in [-0.25, -0.2) is 4.98 Å². The minimum absolute atomic E-state index is 0.00579. The van der Waals surface area contributed by atoms with Crippen molar-refractivity contribution in [2.24, 2.45) is 5.92 Å². The van der Waals surface area contributed by atoms with Gasteiger partial charge in [0.25, 0.3) is 5.56 Å². The third-order valence-corrected chi connectivity index (χ3v) is 8.02. The monoisotopic (exact) mass is 441 g/mol. The Labute approximate surface area is 184 Å². The molecule has 5 nitrogen and oxygen atoms in total. The first-order valence-corrected chi connectivity index (χ1v) is 12.3. The molecule has 4 rings (SSSR count). The van der Waals surface area contributed by atoms with Crippen molar-refractivity contribution in [2.45, 2.75) is 57.7 Å². The van der Waals surface area contributed by atoms with Crippen LogP contribution in [0.1, 0.15) is 43.0 Å². The zero-order chi connectivity index (χ0) is 21.3. The average molecular weight is 442 g/mol. The molecule has 1 N–H and O–H groups in total. The van der Waals surface area contributed by atoms with Gasteiger partial charge in [0.15, 0.2) is 5.16 Å². The number of para-hydroxylation sites is 1. The van der Waals surface area contributed by atoms with Gasteiger partial charge in [-0.1, -0.05) is 49.7 Å². The summed E-state index contributed by atoms with van der Waals surface area (Å²) < 4.78 is 1.64. The fourth-order valence-corrected chi connectivity index (χ4v) is 5.98. The van der Waals surface area contributed by atoms with E-state index in [1.54, 1.807) is 4.57 Å². The first-order valence-electron chi connectivity index (χ1n) is 10.5. The molecule has 1 aromatic carbocycles. The summed E-state index contributed by atoms with van der Waals surface area (Å²) in [5.41, 5.74) is 1.68. The molecule has 7 heteroatoms. The van der Waals surface area contributed by atoms with Crippen LogP contribution in [-0.2, 0) is 4.79 Å². The lowest BCUT2D eigenvalue weighted by molar-refractivity contribution is -0.119. The van der Waals surface area contributed by atoms with Gasteiger partial charge in [-0.15, -0.1) is 11.3 Å². The highest BCUT2D eigenvalue weighted by molar-refractivity contribution is 7.99. The number of nitrogens with zero attached hydrogens (tertiary/aromatic N) is 2. The summed E-state index contributed by atoms with van der Waals surface area (Å²) >= 11 is 2.87. The molecule has 1 saturated carbocycles. The van der Waals surface area contributed by atoms with Gasteiger partial charge in [0, 0.05) is 10.9 Å². The summed E-state index contributed by atoms with van der Waals surface area (Å²) in [6, 6.07) is 9.79. The highest BCUT2D eigenvalue weighted by Crippen LogP contribution is 2.30. The normalized spacial score (nSPS) is 19.2. The van der Waals surface area contributed by atoms with E-state index in [0.717, 1.165) is 27.4 Å². The summed E-state index contributed by atoms with van der Waals surface area (Å²) in [7, 11) is 0. The molecule has 2 unspecified atom stereocenters. The van der Waals surface area contributed by atoms with E-state index in [1.165, 1.54) is 42.4 Å². The van der Waals surface area contributed by atoms with Crippen molar-refractivity contribution >= 4 is 39.2 Å². The average Bonchev–Trinajstić information content (AvgIpc) is 3.02. The lowest BCUT2D eigenvalue weighted by Crippen LogP contribution is -2.41. The second kappa shape index (κ2) is 8.94. The molecule has 0 spiro atoms. The van der Waals surface area contributed by atoms with E-state index < -0.39 is 0 Å². The summed E-state index contributed by atoms with van der Waals surface area (Å²) in [4.78, 5) is 32.7. The van der Waals surface area contributed by atoms with E-state index in [4.69, 9.17) is 4.98 Å². The highest BCUT2D eigenvalue weighted by atomic mass is 32.2. The van der Waals surface area contributed by atoms with E-state index in [2.05, 4.69) is 12.2 Å². The van der Waals surface area contributed by atoms with Gasteiger partial charge < -0.3 is 5.32 Å². The number of hydrogen-bond acceptors (Lipinski definition) is 5. The molecule has 30 heavy (non-hydrogen) atoms. The summed E-state index contributed by atoms with van der Waals surface area (Å²) in [5.74, 6) is 0.769. The van der Waals surface area contributed by atoms with Crippen molar-refractivity contribution in [1.82, 2.24) is 14.9 Å². The molecule has 2 atom stereocenters. The smallest absolute Gasteiger partial charge is 0.267 e. The first-order chi connectivity index (χ1) is 14.5. The van der Waals surface area contributed by atoms with Crippen LogP contribution in [0.25, 0.3) is 15.9 Å². The molecular formula is C23H27N3O2S2. The number of carbonyl (C=O) groups excluding carboxylic acids is 1. The Balaban J connectivity index is 1.64. The largest absolute Gasteiger partial charge is 0.352 e. The van der Waals surface area contributed by atoms with E-state index in [-0.39, 0.29) is 23.3 Å². The number of thiophene rings is 1. The van der Waals surface area contributed by atoms with Gasteiger partial charge in [0.05, 0.1) is 16.8 Å². The van der Waals surface area contributed by atoms with Crippen molar-refractivity contribution < 1.29 is 4.79 Å².